The lowest BCUT2D eigenvalue weighted by Crippen LogP contribution is -2.48. The Hall–Kier alpha value is -1.85. The second kappa shape index (κ2) is 6.54. The van der Waals surface area contributed by atoms with E-state index in [0.29, 0.717) is 5.95 Å². The predicted octanol–water partition coefficient (Wildman–Crippen LogP) is 1.45. The van der Waals surface area contributed by atoms with Gasteiger partial charge in [-0.15, -0.1) is 0 Å². The fourth-order valence-corrected chi connectivity index (χ4v) is 2.53. The number of rotatable bonds is 5. The van der Waals surface area contributed by atoms with Gasteiger partial charge in [-0.3, -0.25) is 4.79 Å². The standard InChI is InChI=1S/C14H23N5O/c1-3-7-16-14-17-9-10(2)13(18-14)19-8-5-4-6-11(19)12(15)20/h9,11H,3-8H2,1-2H3,(H2,15,20)(H,16,17,18). The number of anilines is 2. The number of aromatic nitrogens is 2. The second-order valence-electron chi connectivity index (χ2n) is 5.23. The van der Waals surface area contributed by atoms with E-state index in [1.807, 2.05) is 11.8 Å². The summed E-state index contributed by atoms with van der Waals surface area (Å²) in [7, 11) is 0. The molecule has 1 fully saturated rings. The van der Waals surface area contributed by atoms with Crippen LogP contribution in [0.4, 0.5) is 11.8 Å². The summed E-state index contributed by atoms with van der Waals surface area (Å²) in [4.78, 5) is 22.5. The lowest BCUT2D eigenvalue weighted by Gasteiger charge is -2.35. The van der Waals surface area contributed by atoms with Crippen LogP contribution in [0.2, 0.25) is 0 Å². The van der Waals surface area contributed by atoms with Crippen LogP contribution in [0.25, 0.3) is 0 Å². The summed E-state index contributed by atoms with van der Waals surface area (Å²) < 4.78 is 0. The summed E-state index contributed by atoms with van der Waals surface area (Å²) in [6.45, 7) is 5.71. The molecule has 20 heavy (non-hydrogen) atoms. The van der Waals surface area contributed by atoms with Gasteiger partial charge in [0.2, 0.25) is 11.9 Å². The zero-order chi connectivity index (χ0) is 14.5. The smallest absolute Gasteiger partial charge is 0.240 e. The van der Waals surface area contributed by atoms with Gasteiger partial charge in [0.1, 0.15) is 11.9 Å². The maximum absolute atomic E-state index is 11.6. The number of aryl methyl sites for hydroxylation is 1. The predicted molar refractivity (Wildman–Crippen MR) is 79.7 cm³/mol. The number of carbonyl (C=O) groups excluding carboxylic acids is 1. The van der Waals surface area contributed by atoms with Crippen molar-refractivity contribution in [2.75, 3.05) is 23.3 Å². The molecule has 1 amide bonds. The third-order valence-electron chi connectivity index (χ3n) is 3.58. The van der Waals surface area contributed by atoms with Crippen molar-refractivity contribution in [2.24, 2.45) is 5.73 Å². The molecule has 0 bridgehead atoms. The monoisotopic (exact) mass is 277 g/mol. The SMILES string of the molecule is CCCNc1ncc(C)c(N2CCCCC2C(N)=O)n1. The van der Waals surface area contributed by atoms with Gasteiger partial charge in [-0.2, -0.15) is 4.98 Å². The molecule has 0 spiro atoms. The van der Waals surface area contributed by atoms with Gasteiger partial charge in [-0.1, -0.05) is 6.92 Å². The summed E-state index contributed by atoms with van der Waals surface area (Å²) in [5.41, 5.74) is 6.50. The van der Waals surface area contributed by atoms with E-state index in [1.54, 1.807) is 6.20 Å². The first kappa shape index (κ1) is 14.6. The van der Waals surface area contributed by atoms with E-state index in [1.165, 1.54) is 0 Å². The highest BCUT2D eigenvalue weighted by Gasteiger charge is 2.29. The summed E-state index contributed by atoms with van der Waals surface area (Å²) in [5.74, 6) is 1.16. The molecule has 1 saturated heterocycles. The summed E-state index contributed by atoms with van der Waals surface area (Å²) in [6, 6.07) is -0.253. The van der Waals surface area contributed by atoms with Crippen molar-refractivity contribution >= 4 is 17.7 Å². The van der Waals surface area contributed by atoms with Crippen LogP contribution in [0.1, 0.15) is 38.2 Å². The molecule has 1 atom stereocenters. The summed E-state index contributed by atoms with van der Waals surface area (Å²) in [6.07, 6.45) is 5.71. The molecule has 1 unspecified atom stereocenters. The highest BCUT2D eigenvalue weighted by molar-refractivity contribution is 5.83. The molecule has 1 aliphatic rings. The van der Waals surface area contributed by atoms with Crippen molar-refractivity contribution in [3.05, 3.63) is 11.8 Å². The third-order valence-corrected chi connectivity index (χ3v) is 3.58. The van der Waals surface area contributed by atoms with Crippen LogP contribution in [-0.2, 0) is 4.79 Å². The number of nitrogens with one attached hydrogen (secondary N) is 1. The Balaban J connectivity index is 2.26. The molecule has 2 rings (SSSR count). The number of hydrogen-bond acceptors (Lipinski definition) is 5. The topological polar surface area (TPSA) is 84.1 Å². The number of carbonyl (C=O) groups is 1. The second-order valence-corrected chi connectivity index (χ2v) is 5.23. The molecule has 3 N–H and O–H groups in total. The first-order chi connectivity index (χ1) is 9.63. The Labute approximate surface area is 119 Å². The minimum Gasteiger partial charge on any atom is -0.368 e. The lowest BCUT2D eigenvalue weighted by molar-refractivity contribution is -0.119. The van der Waals surface area contributed by atoms with Gasteiger partial charge in [0, 0.05) is 24.8 Å². The zero-order valence-electron chi connectivity index (χ0n) is 12.2. The number of piperidine rings is 1. The average Bonchev–Trinajstić information content (AvgIpc) is 2.46. The molecule has 1 aromatic heterocycles. The Kier molecular flexibility index (Phi) is 4.76. The van der Waals surface area contributed by atoms with E-state index in [-0.39, 0.29) is 11.9 Å². The molecular weight excluding hydrogens is 254 g/mol. The number of amides is 1. The maximum Gasteiger partial charge on any atom is 0.240 e. The van der Waals surface area contributed by atoms with E-state index in [9.17, 15) is 4.79 Å². The van der Waals surface area contributed by atoms with Gasteiger partial charge < -0.3 is 16.0 Å². The van der Waals surface area contributed by atoms with Crippen LogP contribution < -0.4 is 16.0 Å². The van der Waals surface area contributed by atoms with Crippen LogP contribution >= 0.6 is 0 Å². The molecule has 1 aliphatic heterocycles. The van der Waals surface area contributed by atoms with Crippen LogP contribution in [-0.4, -0.2) is 35.0 Å². The minimum absolute atomic E-state index is 0.253. The van der Waals surface area contributed by atoms with Gasteiger partial charge >= 0.3 is 0 Å². The molecular formula is C14H23N5O. The van der Waals surface area contributed by atoms with Crippen molar-refractivity contribution in [3.8, 4) is 0 Å². The van der Waals surface area contributed by atoms with Crippen LogP contribution in [0.3, 0.4) is 0 Å². The fourth-order valence-electron chi connectivity index (χ4n) is 2.53. The highest BCUT2D eigenvalue weighted by Crippen LogP contribution is 2.26. The van der Waals surface area contributed by atoms with E-state index >= 15 is 0 Å². The molecule has 0 radical (unpaired) electrons. The molecule has 0 saturated carbocycles. The third kappa shape index (κ3) is 3.18. The van der Waals surface area contributed by atoms with Gasteiger partial charge in [-0.25, -0.2) is 4.98 Å². The summed E-state index contributed by atoms with van der Waals surface area (Å²) in [5, 5.41) is 3.18. The van der Waals surface area contributed by atoms with Gasteiger partial charge in [0.25, 0.3) is 0 Å². The Morgan fingerprint density at radius 2 is 2.35 bits per heavy atom. The quantitative estimate of drug-likeness (QED) is 0.851. The fraction of sp³-hybridized carbons (Fsp3) is 0.643. The van der Waals surface area contributed by atoms with Crippen molar-refractivity contribution in [2.45, 2.75) is 45.6 Å². The Morgan fingerprint density at radius 1 is 1.55 bits per heavy atom. The highest BCUT2D eigenvalue weighted by atomic mass is 16.1. The van der Waals surface area contributed by atoms with Crippen molar-refractivity contribution in [3.63, 3.8) is 0 Å². The molecule has 6 heteroatoms. The Bertz CT molecular complexity index is 477. The first-order valence-corrected chi connectivity index (χ1v) is 7.27. The lowest BCUT2D eigenvalue weighted by atomic mass is 10.0. The average molecular weight is 277 g/mol. The van der Waals surface area contributed by atoms with Crippen molar-refractivity contribution in [1.82, 2.24) is 9.97 Å². The van der Waals surface area contributed by atoms with Crippen LogP contribution in [0.15, 0.2) is 6.20 Å². The molecule has 1 aromatic rings. The zero-order valence-corrected chi connectivity index (χ0v) is 12.2. The number of hydrogen-bond donors (Lipinski definition) is 2. The van der Waals surface area contributed by atoms with Gasteiger partial charge in [-0.05, 0) is 32.6 Å². The molecule has 0 aromatic carbocycles. The minimum atomic E-state index is -0.272. The molecule has 6 nitrogen and oxygen atoms in total. The largest absolute Gasteiger partial charge is 0.368 e. The molecule has 2 heterocycles. The van der Waals surface area contributed by atoms with Crippen LogP contribution in [0.5, 0.6) is 0 Å². The van der Waals surface area contributed by atoms with E-state index < -0.39 is 0 Å². The maximum atomic E-state index is 11.6. The molecule has 110 valence electrons. The molecule has 0 aliphatic carbocycles. The van der Waals surface area contributed by atoms with E-state index in [2.05, 4.69) is 22.2 Å². The van der Waals surface area contributed by atoms with Crippen LogP contribution in [0, 0.1) is 6.92 Å². The summed E-state index contributed by atoms with van der Waals surface area (Å²) >= 11 is 0. The first-order valence-electron chi connectivity index (χ1n) is 7.27. The van der Waals surface area contributed by atoms with Gasteiger partial charge in [0.15, 0.2) is 0 Å². The van der Waals surface area contributed by atoms with E-state index in [0.717, 1.165) is 50.2 Å². The van der Waals surface area contributed by atoms with Crippen molar-refractivity contribution < 1.29 is 4.79 Å². The van der Waals surface area contributed by atoms with E-state index in [4.69, 9.17) is 5.73 Å². The Morgan fingerprint density at radius 3 is 3.05 bits per heavy atom. The van der Waals surface area contributed by atoms with Gasteiger partial charge in [0.05, 0.1) is 0 Å². The normalized spacial score (nSPS) is 18.9. The number of nitrogens with two attached hydrogens (primary N) is 1. The number of nitrogens with zero attached hydrogens (tertiary/aromatic N) is 3. The van der Waals surface area contributed by atoms with Crippen molar-refractivity contribution in [1.29, 1.82) is 0 Å². The number of primary amides is 1.